The molecule has 0 aromatic carbocycles. The molecule has 0 aliphatic carbocycles. The molecule has 1 aromatic rings. The summed E-state index contributed by atoms with van der Waals surface area (Å²) in [5.41, 5.74) is 0.290. The Kier molecular flexibility index (Phi) is 3.33. The van der Waals surface area contributed by atoms with Gasteiger partial charge in [0.15, 0.2) is 0 Å². The lowest BCUT2D eigenvalue weighted by atomic mass is 10.2. The molecular weight excluding hydrogens is 240 g/mol. The number of likely N-dealkylation sites (tertiary alicyclic amines) is 1. The zero-order valence-corrected chi connectivity index (χ0v) is 10.1. The summed E-state index contributed by atoms with van der Waals surface area (Å²) < 4.78 is 9.45. The van der Waals surface area contributed by atoms with Crippen LogP contribution >= 0.6 is 0 Å². The number of esters is 1. The van der Waals surface area contributed by atoms with Gasteiger partial charge in [-0.05, 0) is 6.92 Å². The first-order valence-electron chi connectivity index (χ1n) is 5.52. The quantitative estimate of drug-likeness (QED) is 0.730. The number of rotatable bonds is 2. The van der Waals surface area contributed by atoms with Gasteiger partial charge in [-0.3, -0.25) is 4.79 Å². The van der Waals surface area contributed by atoms with E-state index in [4.69, 9.17) is 4.52 Å². The van der Waals surface area contributed by atoms with Crippen molar-refractivity contribution in [3.63, 3.8) is 0 Å². The lowest BCUT2D eigenvalue weighted by Gasteiger charge is -2.21. The number of ether oxygens (including phenoxy) is 1. The van der Waals surface area contributed by atoms with Gasteiger partial charge in [-0.15, -0.1) is 0 Å². The second-order valence-electron chi connectivity index (χ2n) is 4.18. The number of amides is 1. The Morgan fingerprint density at radius 1 is 1.61 bits per heavy atom. The zero-order valence-electron chi connectivity index (χ0n) is 10.1. The second-order valence-corrected chi connectivity index (χ2v) is 4.18. The van der Waals surface area contributed by atoms with Gasteiger partial charge in [0.05, 0.1) is 19.4 Å². The molecule has 98 valence electrons. The van der Waals surface area contributed by atoms with Crippen molar-refractivity contribution in [2.75, 3.05) is 13.7 Å². The van der Waals surface area contributed by atoms with E-state index in [1.165, 1.54) is 18.2 Å². The smallest absolute Gasteiger partial charge is 0.328 e. The first kappa shape index (κ1) is 12.6. The minimum atomic E-state index is -0.758. The van der Waals surface area contributed by atoms with Gasteiger partial charge in [-0.25, -0.2) is 4.79 Å². The number of aromatic nitrogens is 1. The van der Waals surface area contributed by atoms with Crippen LogP contribution in [0.25, 0.3) is 0 Å². The predicted octanol–water partition coefficient (Wildman–Crippen LogP) is -0.269. The van der Waals surface area contributed by atoms with Crippen molar-refractivity contribution in [2.24, 2.45) is 0 Å². The van der Waals surface area contributed by atoms with Crippen LogP contribution in [-0.2, 0) is 9.53 Å². The number of carbonyl (C=O) groups is 2. The minimum absolute atomic E-state index is 0.100. The Morgan fingerprint density at radius 2 is 2.33 bits per heavy atom. The number of aryl methyl sites for hydroxylation is 1. The van der Waals surface area contributed by atoms with Crippen LogP contribution in [-0.4, -0.2) is 52.8 Å². The highest BCUT2D eigenvalue weighted by molar-refractivity contribution is 5.97. The van der Waals surface area contributed by atoms with E-state index in [1.54, 1.807) is 6.92 Å². The van der Waals surface area contributed by atoms with Gasteiger partial charge in [0.2, 0.25) is 0 Å². The van der Waals surface area contributed by atoms with Gasteiger partial charge >= 0.3 is 5.97 Å². The summed E-state index contributed by atoms with van der Waals surface area (Å²) in [5.74, 6) is -0.542. The number of hydrogen-bond donors (Lipinski definition) is 1. The topological polar surface area (TPSA) is 92.9 Å². The molecule has 1 N–H and O–H groups in total. The second kappa shape index (κ2) is 4.77. The Morgan fingerprint density at radius 3 is 2.89 bits per heavy atom. The molecule has 1 fully saturated rings. The molecule has 2 rings (SSSR count). The highest BCUT2D eigenvalue weighted by atomic mass is 16.5. The predicted molar refractivity (Wildman–Crippen MR) is 58.7 cm³/mol. The number of aliphatic hydroxyl groups excluding tert-OH is 1. The lowest BCUT2D eigenvalue weighted by Crippen LogP contribution is -2.41. The van der Waals surface area contributed by atoms with E-state index in [9.17, 15) is 14.7 Å². The fourth-order valence-corrected chi connectivity index (χ4v) is 2.06. The standard InChI is InChI=1S/C11H14N2O5/c1-6-8(4-12-18-6)10(15)13-5-7(14)3-9(13)11(16)17-2/h4,7,9,14H,3,5H2,1-2H3. The molecule has 0 bridgehead atoms. The number of hydrogen-bond acceptors (Lipinski definition) is 6. The van der Waals surface area contributed by atoms with Crippen molar-refractivity contribution < 1.29 is 24.0 Å². The van der Waals surface area contributed by atoms with E-state index in [0.29, 0.717) is 5.76 Å². The van der Waals surface area contributed by atoms with Crippen molar-refractivity contribution in [3.8, 4) is 0 Å². The van der Waals surface area contributed by atoms with Crippen LogP contribution in [0.1, 0.15) is 22.5 Å². The van der Waals surface area contributed by atoms with Gasteiger partial charge in [0.25, 0.3) is 5.91 Å². The molecule has 1 aliphatic heterocycles. The van der Waals surface area contributed by atoms with Crippen LogP contribution in [0.15, 0.2) is 10.7 Å². The summed E-state index contributed by atoms with van der Waals surface area (Å²) in [5, 5.41) is 13.1. The fraction of sp³-hybridized carbons (Fsp3) is 0.545. The van der Waals surface area contributed by atoms with Crippen LogP contribution in [0.4, 0.5) is 0 Å². The molecule has 2 heterocycles. The van der Waals surface area contributed by atoms with Gasteiger partial charge in [-0.2, -0.15) is 0 Å². The number of aliphatic hydroxyl groups is 1. The molecule has 7 nitrogen and oxygen atoms in total. The summed E-state index contributed by atoms with van der Waals surface area (Å²) in [6.45, 7) is 1.71. The van der Waals surface area contributed by atoms with Gasteiger partial charge in [0.1, 0.15) is 17.4 Å². The maximum atomic E-state index is 12.2. The van der Waals surface area contributed by atoms with Crippen LogP contribution in [0.5, 0.6) is 0 Å². The van der Waals surface area contributed by atoms with E-state index < -0.39 is 18.1 Å². The molecular formula is C11H14N2O5. The molecule has 7 heteroatoms. The summed E-state index contributed by atoms with van der Waals surface area (Å²) in [7, 11) is 1.25. The number of nitrogens with zero attached hydrogens (tertiary/aromatic N) is 2. The maximum absolute atomic E-state index is 12.2. The molecule has 2 unspecified atom stereocenters. The monoisotopic (exact) mass is 254 g/mol. The molecule has 1 aliphatic rings. The summed E-state index contributed by atoms with van der Waals surface area (Å²) in [6.07, 6.45) is 0.762. The van der Waals surface area contributed by atoms with Crippen LogP contribution in [0.2, 0.25) is 0 Å². The van der Waals surface area contributed by atoms with E-state index in [-0.39, 0.29) is 24.4 Å². The first-order valence-corrected chi connectivity index (χ1v) is 5.52. The van der Waals surface area contributed by atoms with E-state index in [1.807, 2.05) is 0 Å². The lowest BCUT2D eigenvalue weighted by molar-refractivity contribution is -0.145. The molecule has 0 saturated carbocycles. The van der Waals surface area contributed by atoms with Crippen molar-refractivity contribution in [3.05, 3.63) is 17.5 Å². The van der Waals surface area contributed by atoms with E-state index >= 15 is 0 Å². The van der Waals surface area contributed by atoms with Crippen molar-refractivity contribution >= 4 is 11.9 Å². The number of methoxy groups -OCH3 is 1. The zero-order chi connectivity index (χ0) is 13.3. The average molecular weight is 254 g/mol. The van der Waals surface area contributed by atoms with Gasteiger partial charge in [0, 0.05) is 13.0 Å². The van der Waals surface area contributed by atoms with Crippen LogP contribution in [0.3, 0.4) is 0 Å². The Balaban J connectivity index is 2.23. The summed E-state index contributed by atoms with van der Waals surface area (Å²) in [4.78, 5) is 25.1. The van der Waals surface area contributed by atoms with Crippen molar-refractivity contribution in [2.45, 2.75) is 25.5 Å². The highest BCUT2D eigenvalue weighted by Crippen LogP contribution is 2.22. The fourth-order valence-electron chi connectivity index (χ4n) is 2.06. The Hall–Kier alpha value is -1.89. The minimum Gasteiger partial charge on any atom is -0.467 e. The SMILES string of the molecule is COC(=O)C1CC(O)CN1C(=O)c1cnoc1C. The normalized spacial score (nSPS) is 23.2. The van der Waals surface area contributed by atoms with Crippen molar-refractivity contribution in [1.29, 1.82) is 0 Å². The highest BCUT2D eigenvalue weighted by Gasteiger charge is 2.40. The van der Waals surface area contributed by atoms with Crippen molar-refractivity contribution in [1.82, 2.24) is 10.1 Å². The average Bonchev–Trinajstić information content (AvgIpc) is 2.93. The molecule has 2 atom stereocenters. The molecule has 1 amide bonds. The summed E-state index contributed by atoms with van der Waals surface area (Å²) >= 11 is 0. The van der Waals surface area contributed by atoms with Crippen LogP contribution < -0.4 is 0 Å². The Bertz CT molecular complexity index is 470. The third-order valence-electron chi connectivity index (χ3n) is 2.99. The number of β-amino-alcohol motifs (C(OH)–C–C–N with tert-alkyl or cyclic N) is 1. The number of carbonyl (C=O) groups excluding carboxylic acids is 2. The van der Waals surface area contributed by atoms with E-state index in [2.05, 4.69) is 9.89 Å². The Labute approximate surface area is 103 Å². The van der Waals surface area contributed by atoms with Crippen LogP contribution in [0, 0.1) is 6.92 Å². The van der Waals surface area contributed by atoms with Gasteiger partial charge < -0.3 is 19.3 Å². The third-order valence-corrected chi connectivity index (χ3v) is 2.99. The first-order chi connectivity index (χ1) is 8.54. The van der Waals surface area contributed by atoms with Gasteiger partial charge in [-0.1, -0.05) is 5.16 Å². The molecule has 18 heavy (non-hydrogen) atoms. The third kappa shape index (κ3) is 2.08. The molecule has 1 aromatic heterocycles. The molecule has 1 saturated heterocycles. The maximum Gasteiger partial charge on any atom is 0.328 e. The summed E-state index contributed by atoms with van der Waals surface area (Å²) in [6, 6.07) is -0.758. The van der Waals surface area contributed by atoms with E-state index in [0.717, 1.165) is 0 Å². The molecule has 0 spiro atoms. The largest absolute Gasteiger partial charge is 0.467 e. The molecule has 0 radical (unpaired) electrons.